The van der Waals surface area contributed by atoms with Crippen LogP contribution in [0.2, 0.25) is 0 Å². The molecule has 0 saturated carbocycles. The molecule has 21 heavy (non-hydrogen) atoms. The molecule has 0 spiro atoms. The van der Waals surface area contributed by atoms with Crippen molar-refractivity contribution in [2.24, 2.45) is 0 Å². The van der Waals surface area contributed by atoms with Crippen LogP contribution in [0, 0.1) is 13.8 Å². The molecule has 1 amide bonds. The van der Waals surface area contributed by atoms with E-state index >= 15 is 0 Å². The minimum Gasteiger partial charge on any atom is -0.549 e. The van der Waals surface area contributed by atoms with E-state index in [0.29, 0.717) is 5.69 Å². The number of para-hydroxylation sites is 1. The first-order valence-electron chi connectivity index (χ1n) is 6.27. The number of carbonyl (C=O) groups excluding carboxylic acids is 3. The van der Waals surface area contributed by atoms with Gasteiger partial charge in [-0.3, -0.25) is 9.69 Å². The van der Waals surface area contributed by atoms with Gasteiger partial charge in [-0.25, -0.2) is 0 Å². The van der Waals surface area contributed by atoms with Gasteiger partial charge in [-0.2, -0.15) is 0 Å². The van der Waals surface area contributed by atoms with Crippen LogP contribution in [0.5, 0.6) is 0 Å². The van der Waals surface area contributed by atoms with E-state index in [4.69, 9.17) is 0 Å². The molecule has 1 aromatic carbocycles. The lowest BCUT2D eigenvalue weighted by Gasteiger charge is -2.23. The molecule has 0 aliphatic heterocycles. The Morgan fingerprint density at radius 3 is 1.90 bits per heavy atom. The molecular formula is C14H16N2O5-2. The SMILES string of the molecule is Cc1cccc(C)c1NC(=O)CN(CC(=O)[O-])CC(=O)[O-]. The fourth-order valence-corrected chi connectivity index (χ4v) is 1.93. The predicted molar refractivity (Wildman–Crippen MR) is 71.0 cm³/mol. The van der Waals surface area contributed by atoms with Crippen molar-refractivity contribution in [2.45, 2.75) is 13.8 Å². The van der Waals surface area contributed by atoms with Gasteiger partial charge in [0.15, 0.2) is 0 Å². The summed E-state index contributed by atoms with van der Waals surface area (Å²) < 4.78 is 0. The lowest BCUT2D eigenvalue weighted by atomic mass is 10.1. The molecule has 0 aromatic heterocycles. The second-order valence-electron chi connectivity index (χ2n) is 4.70. The van der Waals surface area contributed by atoms with Crippen LogP contribution in [0.25, 0.3) is 0 Å². The molecule has 1 rings (SSSR count). The minimum absolute atomic E-state index is 0.379. The van der Waals surface area contributed by atoms with E-state index in [0.717, 1.165) is 16.0 Å². The van der Waals surface area contributed by atoms with Crippen LogP contribution >= 0.6 is 0 Å². The normalized spacial score (nSPS) is 10.4. The lowest BCUT2D eigenvalue weighted by Crippen LogP contribution is -2.47. The van der Waals surface area contributed by atoms with Crippen LogP contribution in [0.1, 0.15) is 11.1 Å². The van der Waals surface area contributed by atoms with Gasteiger partial charge in [0.25, 0.3) is 0 Å². The summed E-state index contributed by atoms with van der Waals surface area (Å²) in [7, 11) is 0. The van der Waals surface area contributed by atoms with Gasteiger partial charge in [0.1, 0.15) is 0 Å². The highest BCUT2D eigenvalue weighted by Gasteiger charge is 2.13. The smallest absolute Gasteiger partial charge is 0.238 e. The lowest BCUT2D eigenvalue weighted by molar-refractivity contribution is -0.310. The molecule has 0 aliphatic rings. The summed E-state index contributed by atoms with van der Waals surface area (Å²) in [5.74, 6) is -3.43. The molecule has 7 heteroatoms. The van der Waals surface area contributed by atoms with E-state index in [1.807, 2.05) is 32.0 Å². The summed E-state index contributed by atoms with van der Waals surface area (Å²) in [6.07, 6.45) is 0. The van der Waals surface area contributed by atoms with Gasteiger partial charge >= 0.3 is 0 Å². The Labute approximate surface area is 122 Å². The third kappa shape index (κ3) is 5.62. The summed E-state index contributed by atoms with van der Waals surface area (Å²) in [5.41, 5.74) is 2.34. The second-order valence-corrected chi connectivity index (χ2v) is 4.70. The number of nitrogens with zero attached hydrogens (tertiary/aromatic N) is 1. The fourth-order valence-electron chi connectivity index (χ4n) is 1.93. The summed E-state index contributed by atoms with van der Waals surface area (Å²) in [6.45, 7) is 1.95. The monoisotopic (exact) mass is 292 g/mol. The number of carboxylic acids is 2. The van der Waals surface area contributed by atoms with E-state index in [1.54, 1.807) is 0 Å². The number of aliphatic carboxylic acids is 2. The van der Waals surface area contributed by atoms with Crippen molar-refractivity contribution in [1.82, 2.24) is 4.90 Å². The first kappa shape index (κ1) is 16.6. The number of hydrogen-bond donors (Lipinski definition) is 1. The van der Waals surface area contributed by atoms with Crippen molar-refractivity contribution < 1.29 is 24.6 Å². The predicted octanol–water partition coefficient (Wildman–Crippen LogP) is -1.96. The number of carbonyl (C=O) groups is 3. The standard InChI is InChI=1S/C14H18N2O5/c1-9-4-3-5-10(2)14(9)15-11(17)6-16(7-12(18)19)8-13(20)21/h3-5H,6-8H2,1-2H3,(H,15,17)(H,18,19)(H,20,21)/p-2. The summed E-state index contributed by atoms with van der Waals surface area (Å²) in [4.78, 5) is 33.9. The van der Waals surface area contributed by atoms with Crippen molar-refractivity contribution in [1.29, 1.82) is 0 Å². The second kappa shape index (κ2) is 7.39. The molecule has 0 unspecified atom stereocenters. The zero-order chi connectivity index (χ0) is 16.0. The Hall–Kier alpha value is -2.41. The number of nitrogens with one attached hydrogen (secondary N) is 1. The van der Waals surface area contributed by atoms with Crippen LogP contribution in [0.3, 0.4) is 0 Å². The Morgan fingerprint density at radius 1 is 1.00 bits per heavy atom. The topological polar surface area (TPSA) is 113 Å². The summed E-state index contributed by atoms with van der Waals surface area (Å²) >= 11 is 0. The molecule has 7 nitrogen and oxygen atoms in total. The van der Waals surface area contributed by atoms with Crippen LogP contribution in [-0.4, -0.2) is 42.4 Å². The third-order valence-corrected chi connectivity index (χ3v) is 2.82. The number of benzene rings is 1. The summed E-state index contributed by atoms with van der Waals surface area (Å²) in [6, 6.07) is 5.49. The minimum atomic E-state index is -1.46. The molecule has 1 N–H and O–H groups in total. The van der Waals surface area contributed by atoms with Gasteiger partial charge in [-0.1, -0.05) is 18.2 Å². The maximum Gasteiger partial charge on any atom is 0.238 e. The van der Waals surface area contributed by atoms with Crippen molar-refractivity contribution in [2.75, 3.05) is 25.0 Å². The molecule has 0 fully saturated rings. The zero-order valence-corrected chi connectivity index (χ0v) is 11.8. The van der Waals surface area contributed by atoms with E-state index in [2.05, 4.69) is 5.32 Å². The van der Waals surface area contributed by atoms with E-state index in [1.165, 1.54) is 0 Å². The molecule has 0 atom stereocenters. The van der Waals surface area contributed by atoms with Crippen molar-refractivity contribution >= 4 is 23.5 Å². The van der Waals surface area contributed by atoms with Gasteiger partial charge in [-0.15, -0.1) is 0 Å². The molecule has 114 valence electrons. The van der Waals surface area contributed by atoms with Crippen molar-refractivity contribution in [3.63, 3.8) is 0 Å². The van der Waals surface area contributed by atoms with E-state index in [9.17, 15) is 24.6 Å². The molecular weight excluding hydrogens is 276 g/mol. The highest BCUT2D eigenvalue weighted by atomic mass is 16.4. The molecule has 0 radical (unpaired) electrons. The number of hydrogen-bond acceptors (Lipinski definition) is 6. The zero-order valence-electron chi connectivity index (χ0n) is 11.8. The number of anilines is 1. The van der Waals surface area contributed by atoms with Gasteiger partial charge in [0.05, 0.1) is 18.5 Å². The van der Waals surface area contributed by atoms with Crippen LogP contribution in [0.4, 0.5) is 5.69 Å². The Bertz CT molecular complexity index is 520. The average molecular weight is 292 g/mol. The van der Waals surface area contributed by atoms with Crippen molar-refractivity contribution in [3.8, 4) is 0 Å². The first-order valence-corrected chi connectivity index (χ1v) is 6.27. The number of amides is 1. The van der Waals surface area contributed by atoms with Crippen LogP contribution in [0.15, 0.2) is 18.2 Å². The number of carboxylic acid groups (broad SMARTS) is 2. The van der Waals surface area contributed by atoms with E-state index in [-0.39, 0.29) is 6.54 Å². The van der Waals surface area contributed by atoms with Gasteiger partial charge < -0.3 is 25.1 Å². The number of aryl methyl sites for hydroxylation is 2. The Kier molecular flexibility index (Phi) is 5.86. The highest BCUT2D eigenvalue weighted by molar-refractivity contribution is 5.94. The maximum absolute atomic E-state index is 11.9. The third-order valence-electron chi connectivity index (χ3n) is 2.82. The van der Waals surface area contributed by atoms with Gasteiger partial charge in [0.2, 0.25) is 5.91 Å². The molecule has 0 heterocycles. The van der Waals surface area contributed by atoms with Crippen LogP contribution in [-0.2, 0) is 14.4 Å². The quantitative estimate of drug-likeness (QED) is 0.624. The average Bonchev–Trinajstić information content (AvgIpc) is 2.32. The van der Waals surface area contributed by atoms with Crippen LogP contribution < -0.4 is 15.5 Å². The van der Waals surface area contributed by atoms with Crippen molar-refractivity contribution in [3.05, 3.63) is 29.3 Å². The van der Waals surface area contributed by atoms with E-state index < -0.39 is 30.9 Å². The molecule has 0 saturated heterocycles. The number of rotatable bonds is 7. The maximum atomic E-state index is 11.9. The fraction of sp³-hybridized carbons (Fsp3) is 0.357. The Balaban J connectivity index is 2.73. The van der Waals surface area contributed by atoms with Gasteiger partial charge in [0, 0.05) is 18.8 Å². The molecule has 0 bridgehead atoms. The highest BCUT2D eigenvalue weighted by Crippen LogP contribution is 2.19. The molecule has 0 aliphatic carbocycles. The van der Waals surface area contributed by atoms with Gasteiger partial charge in [-0.05, 0) is 25.0 Å². The largest absolute Gasteiger partial charge is 0.549 e. The first-order chi connectivity index (χ1) is 9.79. The summed E-state index contributed by atoms with van der Waals surface area (Å²) in [5, 5.41) is 23.7. The Morgan fingerprint density at radius 2 is 1.48 bits per heavy atom. The molecule has 1 aromatic rings.